The molecule has 0 unspecified atom stereocenters. The molecule has 0 aliphatic carbocycles. The van der Waals surface area contributed by atoms with Crippen molar-refractivity contribution in [3.05, 3.63) is 71.8 Å². The molecular formula is C35H52N6O6. The lowest BCUT2D eigenvalue weighted by Crippen LogP contribution is -2.60. The highest BCUT2D eigenvalue weighted by molar-refractivity contribution is 5.95. The minimum atomic E-state index is -1.17. The first-order chi connectivity index (χ1) is 22.3. The molecule has 47 heavy (non-hydrogen) atoms. The molecule has 4 amide bonds. The van der Waals surface area contributed by atoms with Crippen molar-refractivity contribution in [1.82, 2.24) is 21.3 Å². The monoisotopic (exact) mass is 652 g/mol. The molecule has 0 saturated carbocycles. The maximum Gasteiger partial charge on any atom is 0.326 e. The molecule has 2 aromatic rings. The number of hydrogen-bond acceptors (Lipinski definition) is 7. The van der Waals surface area contributed by atoms with Crippen LogP contribution in [0.3, 0.4) is 0 Å². The van der Waals surface area contributed by atoms with Crippen LogP contribution >= 0.6 is 0 Å². The van der Waals surface area contributed by atoms with Gasteiger partial charge in [-0.05, 0) is 61.6 Å². The lowest BCUT2D eigenvalue weighted by atomic mass is 9.98. The average molecular weight is 653 g/mol. The van der Waals surface area contributed by atoms with Gasteiger partial charge in [0.1, 0.15) is 24.2 Å². The first-order valence-electron chi connectivity index (χ1n) is 16.3. The van der Waals surface area contributed by atoms with Crippen LogP contribution in [0.25, 0.3) is 0 Å². The largest absolute Gasteiger partial charge is 0.480 e. The summed E-state index contributed by atoms with van der Waals surface area (Å²) in [6, 6.07) is 13.3. The van der Waals surface area contributed by atoms with Gasteiger partial charge in [-0.15, -0.1) is 0 Å². The summed E-state index contributed by atoms with van der Waals surface area (Å²) >= 11 is 0. The summed E-state index contributed by atoms with van der Waals surface area (Å²) in [5.41, 5.74) is 13.4. The fourth-order valence-electron chi connectivity index (χ4n) is 5.07. The van der Waals surface area contributed by atoms with Gasteiger partial charge in [0.15, 0.2) is 0 Å². The van der Waals surface area contributed by atoms with E-state index >= 15 is 0 Å². The van der Waals surface area contributed by atoms with E-state index in [0.29, 0.717) is 19.4 Å². The average Bonchev–Trinajstić information content (AvgIpc) is 3.02. The molecule has 12 heteroatoms. The van der Waals surface area contributed by atoms with E-state index in [-0.39, 0.29) is 31.6 Å². The van der Waals surface area contributed by atoms with Crippen LogP contribution in [0.2, 0.25) is 0 Å². The summed E-state index contributed by atoms with van der Waals surface area (Å²) < 4.78 is 0. The lowest BCUT2D eigenvalue weighted by molar-refractivity contribution is -0.142. The fraction of sp³-hybridized carbons (Fsp3) is 0.514. The molecule has 258 valence electrons. The minimum Gasteiger partial charge on any atom is -0.480 e. The summed E-state index contributed by atoms with van der Waals surface area (Å²) in [5, 5.41) is 20.5. The zero-order valence-corrected chi connectivity index (χ0v) is 27.9. The van der Waals surface area contributed by atoms with Gasteiger partial charge in [0.05, 0.1) is 6.04 Å². The van der Waals surface area contributed by atoms with Gasteiger partial charge in [0.2, 0.25) is 23.6 Å². The molecular weight excluding hydrogens is 600 g/mol. The van der Waals surface area contributed by atoms with E-state index in [9.17, 15) is 29.1 Å². The SMILES string of the molecule is CC(C)C[C@@H](NC(=O)[C@H](NC(=O)[C@@H](Cc1ccccc1)NC(=O)[C@H](N)Cc1ccccc1)C(C)C)C(=O)N[C@H](CCCCN)C(=O)O. The number of carboxylic acid groups (broad SMARTS) is 1. The smallest absolute Gasteiger partial charge is 0.326 e. The van der Waals surface area contributed by atoms with E-state index in [0.717, 1.165) is 11.1 Å². The van der Waals surface area contributed by atoms with Crippen LogP contribution in [0, 0.1) is 11.8 Å². The van der Waals surface area contributed by atoms with Crippen molar-refractivity contribution >= 4 is 29.6 Å². The first kappa shape index (κ1) is 38.9. The Balaban J connectivity index is 2.21. The fourth-order valence-corrected chi connectivity index (χ4v) is 5.07. The van der Waals surface area contributed by atoms with Gasteiger partial charge in [-0.25, -0.2) is 4.79 Å². The van der Waals surface area contributed by atoms with Crippen molar-refractivity contribution in [3.8, 4) is 0 Å². The van der Waals surface area contributed by atoms with E-state index < -0.39 is 65.7 Å². The zero-order chi connectivity index (χ0) is 34.9. The minimum absolute atomic E-state index is 0.00998. The molecule has 0 spiro atoms. The third-order valence-electron chi connectivity index (χ3n) is 7.70. The molecule has 0 aromatic heterocycles. The van der Waals surface area contributed by atoms with E-state index in [1.54, 1.807) is 13.8 Å². The van der Waals surface area contributed by atoms with Crippen molar-refractivity contribution in [2.24, 2.45) is 23.3 Å². The number of carboxylic acids is 1. The van der Waals surface area contributed by atoms with Crippen LogP contribution in [0.1, 0.15) is 64.5 Å². The number of nitrogens with one attached hydrogen (secondary N) is 4. The second-order valence-corrected chi connectivity index (χ2v) is 12.7. The molecule has 5 atom stereocenters. The molecule has 2 rings (SSSR count). The Morgan fingerprint density at radius 2 is 1.17 bits per heavy atom. The summed E-state index contributed by atoms with van der Waals surface area (Å²) in [4.78, 5) is 65.5. The van der Waals surface area contributed by atoms with Gasteiger partial charge in [0, 0.05) is 6.42 Å². The predicted molar refractivity (Wildman–Crippen MR) is 181 cm³/mol. The van der Waals surface area contributed by atoms with Crippen molar-refractivity contribution in [3.63, 3.8) is 0 Å². The summed E-state index contributed by atoms with van der Waals surface area (Å²) in [7, 11) is 0. The Bertz CT molecular complexity index is 1290. The Morgan fingerprint density at radius 1 is 0.660 bits per heavy atom. The Labute approximate surface area is 277 Å². The second kappa shape index (κ2) is 20.1. The molecule has 0 heterocycles. The van der Waals surface area contributed by atoms with Gasteiger partial charge >= 0.3 is 5.97 Å². The third kappa shape index (κ3) is 13.9. The van der Waals surface area contributed by atoms with Gasteiger partial charge in [-0.1, -0.05) is 88.4 Å². The number of rotatable bonds is 20. The normalized spacial score (nSPS) is 14.4. The molecule has 0 saturated heterocycles. The van der Waals surface area contributed by atoms with E-state index in [4.69, 9.17) is 11.5 Å². The lowest BCUT2D eigenvalue weighted by Gasteiger charge is -2.28. The number of carbonyl (C=O) groups is 5. The second-order valence-electron chi connectivity index (χ2n) is 12.7. The molecule has 0 fully saturated rings. The topological polar surface area (TPSA) is 206 Å². The standard InChI is InChI=1S/C35H52N6O6/c1-22(2)19-28(32(43)38-27(35(46)47)17-11-12-18-36)40-34(45)30(23(3)4)41-33(44)29(21-25-15-9-6-10-16-25)39-31(42)26(37)20-24-13-7-5-8-14-24/h5-10,13-16,22-23,26-30H,11-12,17-21,36-37H2,1-4H3,(H,38,43)(H,39,42)(H,40,45)(H,41,44)(H,46,47)/t26-,27-,28-,29-,30-/m1/s1. The zero-order valence-electron chi connectivity index (χ0n) is 27.9. The van der Waals surface area contributed by atoms with Crippen LogP contribution in [-0.2, 0) is 36.8 Å². The Morgan fingerprint density at radius 3 is 1.68 bits per heavy atom. The van der Waals surface area contributed by atoms with Crippen molar-refractivity contribution < 1.29 is 29.1 Å². The Kier molecular flexibility index (Phi) is 16.6. The quantitative estimate of drug-likeness (QED) is 0.105. The number of nitrogens with two attached hydrogens (primary N) is 2. The van der Waals surface area contributed by atoms with Crippen LogP contribution in [0.15, 0.2) is 60.7 Å². The number of benzene rings is 2. The number of hydrogen-bond donors (Lipinski definition) is 7. The number of amides is 4. The van der Waals surface area contributed by atoms with Crippen LogP contribution in [-0.4, -0.2) is 71.5 Å². The maximum absolute atomic E-state index is 13.7. The molecule has 0 bridgehead atoms. The van der Waals surface area contributed by atoms with E-state index in [1.807, 2.05) is 74.5 Å². The molecule has 12 nitrogen and oxygen atoms in total. The highest BCUT2D eigenvalue weighted by Crippen LogP contribution is 2.11. The van der Waals surface area contributed by atoms with Crippen molar-refractivity contribution in [2.75, 3.05) is 6.54 Å². The number of carbonyl (C=O) groups excluding carboxylic acids is 4. The third-order valence-corrected chi connectivity index (χ3v) is 7.70. The molecule has 9 N–H and O–H groups in total. The predicted octanol–water partition coefficient (Wildman–Crippen LogP) is 1.65. The van der Waals surface area contributed by atoms with Crippen LogP contribution in [0.4, 0.5) is 0 Å². The summed E-state index contributed by atoms with van der Waals surface area (Å²) in [6.45, 7) is 7.67. The highest BCUT2D eigenvalue weighted by atomic mass is 16.4. The number of aliphatic carboxylic acids is 1. The molecule has 0 aliphatic heterocycles. The molecule has 0 aliphatic rings. The summed E-state index contributed by atoms with van der Waals surface area (Å²) in [5.74, 6) is -3.89. The van der Waals surface area contributed by atoms with Gasteiger partial charge < -0.3 is 37.8 Å². The number of unbranched alkanes of at least 4 members (excludes halogenated alkanes) is 1. The van der Waals surface area contributed by atoms with Gasteiger partial charge in [-0.3, -0.25) is 19.2 Å². The maximum atomic E-state index is 13.7. The molecule has 2 aromatic carbocycles. The highest BCUT2D eigenvalue weighted by Gasteiger charge is 2.33. The van der Waals surface area contributed by atoms with Crippen molar-refractivity contribution in [2.45, 2.75) is 96.4 Å². The van der Waals surface area contributed by atoms with E-state index in [1.165, 1.54) is 0 Å². The Hall–Kier alpha value is -4.29. The van der Waals surface area contributed by atoms with Crippen molar-refractivity contribution in [1.29, 1.82) is 0 Å². The first-order valence-corrected chi connectivity index (χ1v) is 16.3. The summed E-state index contributed by atoms with van der Waals surface area (Å²) in [6.07, 6.45) is 2.02. The molecule has 0 radical (unpaired) electrons. The van der Waals surface area contributed by atoms with Gasteiger partial charge in [0.25, 0.3) is 0 Å². The van der Waals surface area contributed by atoms with E-state index in [2.05, 4.69) is 21.3 Å². The van der Waals surface area contributed by atoms with Crippen LogP contribution < -0.4 is 32.7 Å². The van der Waals surface area contributed by atoms with Crippen LogP contribution in [0.5, 0.6) is 0 Å². The van der Waals surface area contributed by atoms with Gasteiger partial charge in [-0.2, -0.15) is 0 Å².